The maximum atomic E-state index is 12.0. The zero-order valence-corrected chi connectivity index (χ0v) is 31.5. The average Bonchev–Trinajstić information content (AvgIpc) is 3.07. The van der Waals surface area contributed by atoms with Gasteiger partial charge in [-0.1, -0.05) is 128 Å². The fourth-order valence-corrected chi connectivity index (χ4v) is 5.52. The van der Waals surface area contributed by atoms with Crippen LogP contribution in [0.4, 0.5) is 0 Å². The van der Waals surface area contributed by atoms with E-state index in [1.54, 1.807) is 0 Å². The number of hydrogen-bond acceptors (Lipinski definition) is 7. The van der Waals surface area contributed by atoms with Crippen LogP contribution >= 0.6 is 0 Å². The highest BCUT2D eigenvalue weighted by Gasteiger charge is 2.09. The summed E-state index contributed by atoms with van der Waals surface area (Å²) in [5.74, 6) is -0.374. The van der Waals surface area contributed by atoms with Crippen LogP contribution in [0, 0.1) is 0 Å². The van der Waals surface area contributed by atoms with Crippen LogP contribution < -0.4 is 0 Å². The summed E-state index contributed by atoms with van der Waals surface area (Å²) in [5, 5.41) is 20.0. The molecule has 0 radical (unpaired) electrons. The molecule has 0 aromatic rings. The molecule has 0 spiro atoms. The number of rotatable bonds is 36. The minimum atomic E-state index is -0.238. The first-order valence-corrected chi connectivity index (χ1v) is 20.0. The SMILES string of the molecule is CCCCCCC(O)C/C=C\CCCCCCCC(=O)OCCOC(C)COC(=O)CCCCCCC/C=C\CC(O)CCCCCC. The second kappa shape index (κ2) is 36.6. The first kappa shape index (κ1) is 46.3. The largest absolute Gasteiger partial charge is 0.463 e. The summed E-state index contributed by atoms with van der Waals surface area (Å²) in [6.07, 6.45) is 34.5. The van der Waals surface area contributed by atoms with Gasteiger partial charge in [0.2, 0.25) is 0 Å². The minimum Gasteiger partial charge on any atom is -0.463 e. The molecule has 0 fully saturated rings. The molecule has 3 atom stereocenters. The van der Waals surface area contributed by atoms with Crippen molar-refractivity contribution in [1.82, 2.24) is 0 Å². The number of esters is 2. The fraction of sp³-hybridized carbons (Fsp3) is 0.854. The van der Waals surface area contributed by atoms with E-state index >= 15 is 0 Å². The summed E-state index contributed by atoms with van der Waals surface area (Å²) in [7, 11) is 0. The van der Waals surface area contributed by atoms with Gasteiger partial charge in [0.1, 0.15) is 13.2 Å². The van der Waals surface area contributed by atoms with Crippen molar-refractivity contribution in [3.8, 4) is 0 Å². The topological polar surface area (TPSA) is 102 Å². The predicted molar refractivity (Wildman–Crippen MR) is 199 cm³/mol. The van der Waals surface area contributed by atoms with E-state index in [0.29, 0.717) is 19.4 Å². The molecule has 48 heavy (non-hydrogen) atoms. The molecule has 282 valence electrons. The van der Waals surface area contributed by atoms with Gasteiger partial charge >= 0.3 is 11.9 Å². The summed E-state index contributed by atoms with van der Waals surface area (Å²) < 4.78 is 16.2. The van der Waals surface area contributed by atoms with Gasteiger partial charge in [-0.25, -0.2) is 0 Å². The Balaban J connectivity index is 3.51. The van der Waals surface area contributed by atoms with E-state index < -0.39 is 0 Å². The predicted octanol–water partition coefficient (Wildman–Crippen LogP) is 10.5. The first-order valence-electron chi connectivity index (χ1n) is 20.0. The highest BCUT2D eigenvalue weighted by atomic mass is 16.6. The van der Waals surface area contributed by atoms with Crippen molar-refractivity contribution in [2.75, 3.05) is 19.8 Å². The van der Waals surface area contributed by atoms with Crippen molar-refractivity contribution in [1.29, 1.82) is 0 Å². The standard InChI is InChI=1S/C41H76O7/c1-4-6-8-22-28-38(42)30-24-18-14-10-12-16-20-26-32-40(44)47-35-34-46-37(3)36-48-41(45)33-27-21-17-13-11-15-19-25-31-39(43)29-23-9-7-5-2/h18-19,24-25,37-39,42-43H,4-17,20-23,26-36H2,1-3H3/b24-18-,25-19-. The molecule has 0 bridgehead atoms. The van der Waals surface area contributed by atoms with Gasteiger partial charge in [0.25, 0.3) is 0 Å². The van der Waals surface area contributed by atoms with Gasteiger partial charge in [0, 0.05) is 12.8 Å². The third-order valence-electron chi connectivity index (χ3n) is 8.66. The fourth-order valence-electron chi connectivity index (χ4n) is 5.52. The molecule has 0 saturated heterocycles. The second-order valence-corrected chi connectivity index (χ2v) is 13.6. The molecule has 0 aliphatic carbocycles. The number of aliphatic hydroxyl groups is 2. The molecule has 0 aliphatic rings. The first-order chi connectivity index (χ1) is 23.4. The average molecular weight is 681 g/mol. The van der Waals surface area contributed by atoms with Crippen LogP contribution in [0.15, 0.2) is 24.3 Å². The quantitative estimate of drug-likeness (QED) is 0.0386. The monoisotopic (exact) mass is 681 g/mol. The summed E-state index contributed by atoms with van der Waals surface area (Å²) in [6.45, 7) is 6.98. The molecule has 7 nitrogen and oxygen atoms in total. The Kier molecular flexibility index (Phi) is 35.3. The van der Waals surface area contributed by atoms with E-state index in [-0.39, 0.29) is 43.5 Å². The van der Waals surface area contributed by atoms with Gasteiger partial charge in [-0.15, -0.1) is 0 Å². The van der Waals surface area contributed by atoms with Gasteiger partial charge in [-0.05, 0) is 71.1 Å². The van der Waals surface area contributed by atoms with E-state index in [0.717, 1.165) is 116 Å². The number of allylic oxidation sites excluding steroid dienone is 2. The number of aliphatic hydroxyl groups excluding tert-OH is 2. The molecule has 0 amide bonds. The van der Waals surface area contributed by atoms with Crippen molar-refractivity contribution < 1.29 is 34.0 Å². The van der Waals surface area contributed by atoms with Crippen molar-refractivity contribution in [3.63, 3.8) is 0 Å². The lowest BCUT2D eigenvalue weighted by Crippen LogP contribution is -2.21. The van der Waals surface area contributed by atoms with Crippen LogP contribution in [0.2, 0.25) is 0 Å². The van der Waals surface area contributed by atoms with Crippen LogP contribution in [0.1, 0.15) is 188 Å². The van der Waals surface area contributed by atoms with Crippen LogP contribution in [-0.4, -0.2) is 60.3 Å². The summed E-state index contributed by atoms with van der Waals surface area (Å²) in [4.78, 5) is 24.0. The van der Waals surface area contributed by atoms with Crippen molar-refractivity contribution in [2.45, 2.75) is 206 Å². The Morgan fingerprint density at radius 3 is 1.48 bits per heavy atom. The molecule has 2 N–H and O–H groups in total. The summed E-state index contributed by atoms with van der Waals surface area (Å²) in [6, 6.07) is 0. The van der Waals surface area contributed by atoms with E-state index in [4.69, 9.17) is 14.2 Å². The van der Waals surface area contributed by atoms with E-state index in [9.17, 15) is 19.8 Å². The van der Waals surface area contributed by atoms with E-state index in [1.165, 1.54) is 38.5 Å². The normalized spacial score (nSPS) is 13.7. The maximum Gasteiger partial charge on any atom is 0.305 e. The van der Waals surface area contributed by atoms with Crippen molar-refractivity contribution in [2.24, 2.45) is 0 Å². The summed E-state index contributed by atoms with van der Waals surface area (Å²) >= 11 is 0. The number of carbonyl (C=O) groups excluding carboxylic acids is 2. The Bertz CT molecular complexity index is 766. The lowest BCUT2D eigenvalue weighted by Gasteiger charge is -2.13. The van der Waals surface area contributed by atoms with E-state index in [1.807, 2.05) is 6.92 Å². The number of ether oxygens (including phenoxy) is 3. The zero-order chi connectivity index (χ0) is 35.3. The third kappa shape index (κ3) is 35.6. The maximum absolute atomic E-state index is 12.0. The van der Waals surface area contributed by atoms with Crippen LogP contribution in [0.5, 0.6) is 0 Å². The molecular formula is C41H76O7. The molecular weight excluding hydrogens is 604 g/mol. The smallest absolute Gasteiger partial charge is 0.305 e. The number of hydrogen-bond donors (Lipinski definition) is 2. The van der Waals surface area contributed by atoms with Crippen molar-refractivity contribution in [3.05, 3.63) is 24.3 Å². The highest BCUT2D eigenvalue weighted by molar-refractivity contribution is 5.69. The Morgan fingerprint density at radius 2 is 0.979 bits per heavy atom. The molecule has 3 unspecified atom stereocenters. The molecule has 7 heteroatoms. The Hall–Kier alpha value is -1.70. The van der Waals surface area contributed by atoms with Crippen LogP contribution in [0.3, 0.4) is 0 Å². The summed E-state index contributed by atoms with van der Waals surface area (Å²) in [5.41, 5.74) is 0. The molecule has 0 aromatic heterocycles. The van der Waals surface area contributed by atoms with Gasteiger partial charge < -0.3 is 24.4 Å². The molecule has 0 aliphatic heterocycles. The molecule has 0 heterocycles. The Morgan fingerprint density at radius 1 is 0.542 bits per heavy atom. The van der Waals surface area contributed by atoms with Gasteiger partial charge in [0.15, 0.2) is 0 Å². The lowest BCUT2D eigenvalue weighted by atomic mass is 10.1. The lowest BCUT2D eigenvalue weighted by molar-refractivity contribution is -0.149. The number of carbonyl (C=O) groups is 2. The highest BCUT2D eigenvalue weighted by Crippen LogP contribution is 2.13. The number of unbranched alkanes of at least 4 members (excludes halogenated alkanes) is 16. The van der Waals surface area contributed by atoms with Gasteiger partial charge in [0.05, 0.1) is 24.9 Å². The molecule has 0 saturated carbocycles. The van der Waals surface area contributed by atoms with Gasteiger partial charge in [-0.2, -0.15) is 0 Å². The minimum absolute atomic E-state index is 0.186. The molecule has 0 aromatic carbocycles. The van der Waals surface area contributed by atoms with Crippen molar-refractivity contribution >= 4 is 11.9 Å². The third-order valence-corrected chi connectivity index (χ3v) is 8.66. The zero-order valence-electron chi connectivity index (χ0n) is 31.5. The van der Waals surface area contributed by atoms with Crippen LogP contribution in [-0.2, 0) is 23.8 Å². The van der Waals surface area contributed by atoms with Gasteiger partial charge in [-0.3, -0.25) is 9.59 Å². The van der Waals surface area contributed by atoms with E-state index in [2.05, 4.69) is 38.2 Å². The Labute approximate surface area is 295 Å². The van der Waals surface area contributed by atoms with Crippen LogP contribution in [0.25, 0.3) is 0 Å². The molecule has 0 rings (SSSR count). The second-order valence-electron chi connectivity index (χ2n) is 13.6.